The van der Waals surface area contributed by atoms with E-state index in [9.17, 15) is 14.4 Å². The maximum atomic E-state index is 13.1. The molecule has 0 atom stereocenters. The molecule has 0 aromatic heterocycles. The van der Waals surface area contributed by atoms with Crippen LogP contribution in [0.4, 0.5) is 5.69 Å². The van der Waals surface area contributed by atoms with E-state index in [4.69, 9.17) is 4.74 Å². The van der Waals surface area contributed by atoms with Gasteiger partial charge >= 0.3 is 0 Å². The van der Waals surface area contributed by atoms with E-state index in [0.29, 0.717) is 50.3 Å². The molecule has 182 valence electrons. The van der Waals surface area contributed by atoms with Crippen LogP contribution in [0.5, 0.6) is 5.75 Å². The second-order valence-electron chi connectivity index (χ2n) is 9.66. The van der Waals surface area contributed by atoms with Crippen LogP contribution in [0.25, 0.3) is 0 Å². The molecule has 0 spiro atoms. The number of carbonyl (C=O) groups is 3. The highest BCUT2D eigenvalue weighted by Gasteiger charge is 2.24. The minimum Gasteiger partial charge on any atom is -0.497 e. The van der Waals surface area contributed by atoms with Gasteiger partial charge in [-0.2, -0.15) is 0 Å². The number of anilines is 1. The summed E-state index contributed by atoms with van der Waals surface area (Å²) in [4.78, 5) is 41.8. The highest BCUT2D eigenvalue weighted by Crippen LogP contribution is 2.20. The first-order chi connectivity index (χ1) is 16.2. The fourth-order valence-electron chi connectivity index (χ4n) is 3.80. The fourth-order valence-corrected chi connectivity index (χ4v) is 3.80. The largest absolute Gasteiger partial charge is 0.497 e. The van der Waals surface area contributed by atoms with E-state index in [1.54, 1.807) is 36.3 Å². The summed E-state index contributed by atoms with van der Waals surface area (Å²) in [7, 11) is 1.63. The summed E-state index contributed by atoms with van der Waals surface area (Å²) in [5, 5.41) is 2.88. The zero-order chi connectivity index (χ0) is 24.7. The second-order valence-corrected chi connectivity index (χ2v) is 9.66. The van der Waals surface area contributed by atoms with Gasteiger partial charge in [0.05, 0.1) is 7.11 Å². The molecule has 3 rings (SSSR count). The standard InChI is InChI=1S/C27H35N3O4/c1-27(2,3)26(33)28-22-8-5-7-21(19-22)25(32)30-16-6-15-29(17-18-30)24(31)14-11-20-9-12-23(34-4)13-10-20/h5,7-10,12-13,19H,6,11,14-18H2,1-4H3,(H,28,33). The van der Waals surface area contributed by atoms with Crippen molar-refractivity contribution in [1.82, 2.24) is 9.80 Å². The maximum Gasteiger partial charge on any atom is 0.253 e. The third-order valence-corrected chi connectivity index (χ3v) is 5.97. The predicted octanol–water partition coefficient (Wildman–Crippen LogP) is 3.99. The molecule has 0 radical (unpaired) electrons. The van der Waals surface area contributed by atoms with Gasteiger partial charge in [0, 0.05) is 49.3 Å². The molecular formula is C27H35N3O4. The van der Waals surface area contributed by atoms with Gasteiger partial charge < -0.3 is 19.9 Å². The van der Waals surface area contributed by atoms with Gasteiger partial charge in [-0.3, -0.25) is 14.4 Å². The molecule has 1 saturated heterocycles. The average Bonchev–Trinajstić information content (AvgIpc) is 3.08. The molecule has 1 aliphatic rings. The third kappa shape index (κ3) is 6.83. The van der Waals surface area contributed by atoms with Crippen molar-refractivity contribution in [3.63, 3.8) is 0 Å². The van der Waals surface area contributed by atoms with Crippen LogP contribution in [0.3, 0.4) is 0 Å². The Labute approximate surface area is 202 Å². The molecule has 7 nitrogen and oxygen atoms in total. The molecule has 34 heavy (non-hydrogen) atoms. The number of hydrogen-bond acceptors (Lipinski definition) is 4. The van der Waals surface area contributed by atoms with Crippen molar-refractivity contribution in [3.8, 4) is 5.75 Å². The lowest BCUT2D eigenvalue weighted by Gasteiger charge is -2.23. The number of amides is 3. The van der Waals surface area contributed by atoms with E-state index < -0.39 is 5.41 Å². The van der Waals surface area contributed by atoms with Crippen molar-refractivity contribution in [3.05, 3.63) is 59.7 Å². The fraction of sp³-hybridized carbons (Fsp3) is 0.444. The van der Waals surface area contributed by atoms with E-state index >= 15 is 0 Å². The van der Waals surface area contributed by atoms with Crippen LogP contribution in [0.1, 0.15) is 49.5 Å². The van der Waals surface area contributed by atoms with E-state index in [-0.39, 0.29) is 17.7 Å². The van der Waals surface area contributed by atoms with Gasteiger partial charge in [0.1, 0.15) is 5.75 Å². The SMILES string of the molecule is COc1ccc(CCC(=O)N2CCCN(C(=O)c3cccc(NC(=O)C(C)(C)C)c3)CC2)cc1. The third-order valence-electron chi connectivity index (χ3n) is 5.97. The van der Waals surface area contributed by atoms with Gasteiger partial charge in [-0.25, -0.2) is 0 Å². The average molecular weight is 466 g/mol. The van der Waals surface area contributed by atoms with Gasteiger partial charge in [0.25, 0.3) is 5.91 Å². The van der Waals surface area contributed by atoms with Gasteiger partial charge in [-0.15, -0.1) is 0 Å². The topological polar surface area (TPSA) is 79.0 Å². The summed E-state index contributed by atoms with van der Waals surface area (Å²) in [6.07, 6.45) is 1.85. The van der Waals surface area contributed by atoms with Crippen LogP contribution in [-0.4, -0.2) is 60.8 Å². The highest BCUT2D eigenvalue weighted by atomic mass is 16.5. The lowest BCUT2D eigenvalue weighted by atomic mass is 9.95. The Hall–Kier alpha value is -3.35. The molecule has 0 aliphatic carbocycles. The van der Waals surface area contributed by atoms with Gasteiger partial charge in [0.15, 0.2) is 0 Å². The molecule has 1 aliphatic heterocycles. The van der Waals surface area contributed by atoms with E-state index in [1.807, 2.05) is 49.9 Å². The summed E-state index contributed by atoms with van der Waals surface area (Å²) in [6.45, 7) is 7.79. The summed E-state index contributed by atoms with van der Waals surface area (Å²) in [5.74, 6) is 0.724. The lowest BCUT2D eigenvalue weighted by Crippen LogP contribution is -2.37. The van der Waals surface area contributed by atoms with Gasteiger partial charge in [-0.05, 0) is 48.7 Å². The van der Waals surface area contributed by atoms with Crippen LogP contribution in [0, 0.1) is 5.41 Å². The first-order valence-electron chi connectivity index (χ1n) is 11.8. The molecule has 7 heteroatoms. The Kier molecular flexibility index (Phi) is 8.31. The highest BCUT2D eigenvalue weighted by molar-refractivity contribution is 5.98. The van der Waals surface area contributed by atoms with Crippen LogP contribution in [0.15, 0.2) is 48.5 Å². The number of carbonyl (C=O) groups excluding carboxylic acids is 3. The normalized spacial score (nSPS) is 14.4. The Morgan fingerprint density at radius 1 is 0.941 bits per heavy atom. The van der Waals surface area contributed by atoms with Crippen molar-refractivity contribution in [2.75, 3.05) is 38.6 Å². The van der Waals surface area contributed by atoms with Crippen LogP contribution >= 0.6 is 0 Å². The van der Waals surface area contributed by atoms with Crippen LogP contribution in [0.2, 0.25) is 0 Å². The zero-order valence-electron chi connectivity index (χ0n) is 20.6. The van der Waals surface area contributed by atoms with E-state index in [0.717, 1.165) is 17.7 Å². The summed E-state index contributed by atoms with van der Waals surface area (Å²) in [5.41, 5.74) is 1.72. The Balaban J connectivity index is 1.55. The number of benzene rings is 2. The molecule has 2 aromatic carbocycles. The maximum absolute atomic E-state index is 13.1. The molecule has 0 bridgehead atoms. The van der Waals surface area contributed by atoms with Crippen molar-refractivity contribution < 1.29 is 19.1 Å². The second kappa shape index (κ2) is 11.2. The number of methoxy groups -OCH3 is 1. The number of ether oxygens (including phenoxy) is 1. The number of aryl methyl sites for hydroxylation is 1. The summed E-state index contributed by atoms with van der Waals surface area (Å²) >= 11 is 0. The monoisotopic (exact) mass is 465 g/mol. The minimum atomic E-state index is -0.520. The van der Waals surface area contributed by atoms with Crippen molar-refractivity contribution in [1.29, 1.82) is 0 Å². The molecule has 3 amide bonds. The van der Waals surface area contributed by atoms with Crippen molar-refractivity contribution >= 4 is 23.4 Å². The molecule has 1 heterocycles. The quantitative estimate of drug-likeness (QED) is 0.700. The first-order valence-corrected chi connectivity index (χ1v) is 11.8. The Bertz CT molecular complexity index is 1010. The lowest BCUT2D eigenvalue weighted by molar-refractivity contribution is -0.131. The molecule has 0 saturated carbocycles. The van der Waals surface area contributed by atoms with E-state index in [1.165, 1.54) is 0 Å². The predicted molar refractivity (Wildman–Crippen MR) is 133 cm³/mol. The molecule has 1 fully saturated rings. The Morgan fingerprint density at radius 2 is 1.62 bits per heavy atom. The van der Waals surface area contributed by atoms with Gasteiger partial charge in [-0.1, -0.05) is 39.0 Å². The number of hydrogen-bond donors (Lipinski definition) is 1. The smallest absolute Gasteiger partial charge is 0.253 e. The number of nitrogens with one attached hydrogen (secondary N) is 1. The van der Waals surface area contributed by atoms with Crippen LogP contribution in [-0.2, 0) is 16.0 Å². The molecule has 1 N–H and O–H groups in total. The summed E-state index contributed by atoms with van der Waals surface area (Å²) in [6, 6.07) is 14.8. The molecular weight excluding hydrogens is 430 g/mol. The van der Waals surface area contributed by atoms with Crippen LogP contribution < -0.4 is 10.1 Å². The Morgan fingerprint density at radius 3 is 2.29 bits per heavy atom. The summed E-state index contributed by atoms with van der Waals surface area (Å²) < 4.78 is 5.18. The minimum absolute atomic E-state index is 0.0839. The van der Waals surface area contributed by atoms with Crippen molar-refractivity contribution in [2.45, 2.75) is 40.0 Å². The zero-order valence-corrected chi connectivity index (χ0v) is 20.6. The van der Waals surface area contributed by atoms with Crippen molar-refractivity contribution in [2.24, 2.45) is 5.41 Å². The molecule has 0 unspecified atom stereocenters. The van der Waals surface area contributed by atoms with Gasteiger partial charge in [0.2, 0.25) is 11.8 Å². The van der Waals surface area contributed by atoms with E-state index in [2.05, 4.69) is 5.32 Å². The number of rotatable bonds is 6. The first kappa shape index (κ1) is 25.3. The number of nitrogens with zero attached hydrogens (tertiary/aromatic N) is 2. The molecule has 2 aromatic rings.